The first kappa shape index (κ1) is 13.1. The summed E-state index contributed by atoms with van der Waals surface area (Å²) in [5, 5.41) is 0. The van der Waals surface area contributed by atoms with Gasteiger partial charge in [-0.15, -0.1) is 0 Å². The second kappa shape index (κ2) is 6.03. The van der Waals surface area contributed by atoms with E-state index in [-0.39, 0.29) is 0 Å². The van der Waals surface area contributed by atoms with Crippen molar-refractivity contribution in [3.63, 3.8) is 0 Å². The predicted molar refractivity (Wildman–Crippen MR) is 73.0 cm³/mol. The molecule has 0 amide bonds. The molecule has 0 aromatic heterocycles. The van der Waals surface area contributed by atoms with E-state index in [0.717, 1.165) is 44.3 Å². The molecule has 98 valence electrons. The van der Waals surface area contributed by atoms with E-state index in [2.05, 4.69) is 19.1 Å². The molecule has 1 aliphatic rings. The van der Waals surface area contributed by atoms with Crippen LogP contribution in [0.1, 0.15) is 43.7 Å². The molecule has 1 aromatic carbocycles. The number of hydrogen-bond donors (Lipinski definition) is 0. The number of fused-ring (bicyclic) bond motifs is 1. The van der Waals surface area contributed by atoms with E-state index in [9.17, 15) is 4.79 Å². The Labute approximate surface area is 109 Å². The molecule has 0 saturated carbocycles. The van der Waals surface area contributed by atoms with Crippen molar-refractivity contribution < 1.29 is 9.53 Å². The average Bonchev–Trinajstić information content (AvgIpc) is 2.36. The number of benzene rings is 1. The van der Waals surface area contributed by atoms with Crippen LogP contribution in [0.3, 0.4) is 0 Å². The molecule has 2 rings (SSSR count). The Bertz CT molecular complexity index is 423. The summed E-state index contributed by atoms with van der Waals surface area (Å²) >= 11 is 0. The van der Waals surface area contributed by atoms with Crippen LogP contribution in [0.4, 0.5) is 0 Å². The Kier molecular flexibility index (Phi) is 4.40. The molecule has 0 N–H and O–H groups in total. The lowest BCUT2D eigenvalue weighted by molar-refractivity contribution is -0.120. The van der Waals surface area contributed by atoms with Crippen LogP contribution < -0.4 is 4.74 Å². The SMILES string of the molecule is COc1ccc2c(c1)CCCC(=O)CC(C)CC2. The number of carbonyl (C=O) groups excluding carboxylic acids is 1. The minimum atomic E-state index is 0.425. The highest BCUT2D eigenvalue weighted by Crippen LogP contribution is 2.24. The molecule has 18 heavy (non-hydrogen) atoms. The molecule has 1 unspecified atom stereocenters. The molecule has 1 aromatic rings. The number of hydrogen-bond acceptors (Lipinski definition) is 2. The zero-order chi connectivity index (χ0) is 13.0. The van der Waals surface area contributed by atoms with Gasteiger partial charge in [0.25, 0.3) is 0 Å². The van der Waals surface area contributed by atoms with Crippen LogP contribution in [0.25, 0.3) is 0 Å². The molecule has 0 radical (unpaired) electrons. The monoisotopic (exact) mass is 246 g/mol. The maximum absolute atomic E-state index is 11.7. The third-order valence-corrected chi connectivity index (χ3v) is 3.80. The van der Waals surface area contributed by atoms with E-state index in [0.29, 0.717) is 11.7 Å². The first-order valence-electron chi connectivity index (χ1n) is 6.86. The van der Waals surface area contributed by atoms with Crippen LogP contribution in [-0.2, 0) is 17.6 Å². The lowest BCUT2D eigenvalue weighted by atomic mass is 9.89. The number of ketones is 1. The largest absolute Gasteiger partial charge is 0.497 e. The van der Waals surface area contributed by atoms with Crippen LogP contribution in [0.15, 0.2) is 18.2 Å². The van der Waals surface area contributed by atoms with Gasteiger partial charge in [0, 0.05) is 12.8 Å². The highest BCUT2D eigenvalue weighted by atomic mass is 16.5. The van der Waals surface area contributed by atoms with E-state index in [1.807, 2.05) is 6.07 Å². The maximum atomic E-state index is 11.7. The summed E-state index contributed by atoms with van der Waals surface area (Å²) in [5.41, 5.74) is 2.79. The molecule has 0 saturated heterocycles. The number of aryl methyl sites for hydroxylation is 2. The molecule has 0 spiro atoms. The van der Waals surface area contributed by atoms with Crippen molar-refractivity contribution in [1.82, 2.24) is 0 Å². The molecule has 2 heteroatoms. The fraction of sp³-hybridized carbons (Fsp3) is 0.562. The zero-order valence-corrected chi connectivity index (χ0v) is 11.4. The van der Waals surface area contributed by atoms with Crippen LogP contribution in [0.2, 0.25) is 0 Å². The van der Waals surface area contributed by atoms with Gasteiger partial charge in [-0.3, -0.25) is 4.79 Å². The number of Topliss-reactive ketones (excluding diaryl/α,β-unsaturated/α-hetero) is 1. The first-order valence-corrected chi connectivity index (χ1v) is 6.86. The summed E-state index contributed by atoms with van der Waals surface area (Å²) < 4.78 is 5.28. The molecule has 0 fully saturated rings. The number of ether oxygens (including phenoxy) is 1. The Hall–Kier alpha value is -1.31. The summed E-state index contributed by atoms with van der Waals surface area (Å²) in [6.45, 7) is 2.18. The number of carbonyl (C=O) groups is 1. The molecule has 1 atom stereocenters. The zero-order valence-electron chi connectivity index (χ0n) is 11.4. The van der Waals surface area contributed by atoms with E-state index >= 15 is 0 Å². The second-order valence-electron chi connectivity index (χ2n) is 5.37. The van der Waals surface area contributed by atoms with Crippen molar-refractivity contribution in [2.24, 2.45) is 5.92 Å². The van der Waals surface area contributed by atoms with Gasteiger partial charge in [-0.25, -0.2) is 0 Å². The van der Waals surface area contributed by atoms with Gasteiger partial charge < -0.3 is 4.74 Å². The Morgan fingerprint density at radius 1 is 1.17 bits per heavy atom. The third-order valence-electron chi connectivity index (χ3n) is 3.80. The molecular formula is C16H22O2. The molecular weight excluding hydrogens is 224 g/mol. The first-order chi connectivity index (χ1) is 8.69. The molecule has 2 nitrogen and oxygen atoms in total. The standard InChI is InChI=1S/C16H22O2/c1-12-6-7-13-8-9-16(18-2)11-14(13)4-3-5-15(17)10-12/h8-9,11-12H,3-7,10H2,1-2H3. The van der Waals surface area contributed by atoms with Crippen molar-refractivity contribution >= 4 is 5.78 Å². The highest BCUT2D eigenvalue weighted by molar-refractivity contribution is 5.78. The van der Waals surface area contributed by atoms with Crippen LogP contribution in [-0.4, -0.2) is 12.9 Å². The quantitative estimate of drug-likeness (QED) is 0.757. The van der Waals surface area contributed by atoms with Gasteiger partial charge >= 0.3 is 0 Å². The third kappa shape index (κ3) is 3.34. The van der Waals surface area contributed by atoms with Crippen LogP contribution in [0.5, 0.6) is 5.75 Å². The van der Waals surface area contributed by atoms with Gasteiger partial charge in [0.2, 0.25) is 0 Å². The molecule has 1 aliphatic carbocycles. The van der Waals surface area contributed by atoms with Crippen LogP contribution in [0, 0.1) is 5.92 Å². The summed E-state index contributed by atoms with van der Waals surface area (Å²) in [5.74, 6) is 1.85. The normalized spacial score (nSPS) is 21.2. The number of methoxy groups -OCH3 is 1. The van der Waals surface area contributed by atoms with Gasteiger partial charge in [0.05, 0.1) is 7.11 Å². The fourth-order valence-corrected chi connectivity index (χ4v) is 2.68. The minimum Gasteiger partial charge on any atom is -0.497 e. The Morgan fingerprint density at radius 3 is 2.78 bits per heavy atom. The van der Waals surface area contributed by atoms with Gasteiger partial charge in [0.15, 0.2) is 0 Å². The molecule has 0 bridgehead atoms. The fourth-order valence-electron chi connectivity index (χ4n) is 2.68. The van der Waals surface area contributed by atoms with E-state index in [4.69, 9.17) is 4.74 Å². The van der Waals surface area contributed by atoms with Crippen molar-refractivity contribution in [2.45, 2.75) is 45.4 Å². The summed E-state index contributed by atoms with van der Waals surface area (Å²) in [4.78, 5) is 11.7. The molecule has 0 aliphatic heterocycles. The van der Waals surface area contributed by atoms with E-state index in [1.165, 1.54) is 11.1 Å². The second-order valence-corrected chi connectivity index (χ2v) is 5.37. The van der Waals surface area contributed by atoms with Crippen molar-refractivity contribution in [1.29, 1.82) is 0 Å². The Morgan fingerprint density at radius 2 is 2.00 bits per heavy atom. The van der Waals surface area contributed by atoms with Crippen molar-refractivity contribution in [2.75, 3.05) is 7.11 Å². The van der Waals surface area contributed by atoms with Crippen molar-refractivity contribution in [3.05, 3.63) is 29.3 Å². The van der Waals surface area contributed by atoms with Crippen molar-refractivity contribution in [3.8, 4) is 5.75 Å². The van der Waals surface area contributed by atoms with Crippen LogP contribution >= 0.6 is 0 Å². The average molecular weight is 246 g/mol. The van der Waals surface area contributed by atoms with Gasteiger partial charge in [-0.05, 0) is 54.9 Å². The topological polar surface area (TPSA) is 26.3 Å². The minimum absolute atomic E-state index is 0.425. The lowest BCUT2D eigenvalue weighted by Crippen LogP contribution is -2.10. The van der Waals surface area contributed by atoms with Gasteiger partial charge in [-0.2, -0.15) is 0 Å². The number of rotatable bonds is 1. The maximum Gasteiger partial charge on any atom is 0.133 e. The van der Waals surface area contributed by atoms with E-state index in [1.54, 1.807) is 7.11 Å². The van der Waals surface area contributed by atoms with Gasteiger partial charge in [0.1, 0.15) is 11.5 Å². The molecule has 0 heterocycles. The summed E-state index contributed by atoms with van der Waals surface area (Å²) in [7, 11) is 1.70. The highest BCUT2D eigenvalue weighted by Gasteiger charge is 2.14. The predicted octanol–water partition coefficient (Wildman–Crippen LogP) is 3.56. The summed E-state index contributed by atoms with van der Waals surface area (Å²) in [6, 6.07) is 6.36. The lowest BCUT2D eigenvalue weighted by Gasteiger charge is -2.16. The van der Waals surface area contributed by atoms with Gasteiger partial charge in [-0.1, -0.05) is 13.0 Å². The smallest absolute Gasteiger partial charge is 0.133 e. The van der Waals surface area contributed by atoms with E-state index < -0.39 is 0 Å². The Balaban J connectivity index is 2.20. The summed E-state index contributed by atoms with van der Waals surface area (Å²) in [6.07, 6.45) is 5.61.